The lowest BCUT2D eigenvalue weighted by atomic mass is 9.84. The number of carbonyl (C=O) groups excluding carboxylic acids is 2. The first-order valence-corrected chi connectivity index (χ1v) is 6.11. The Bertz CT molecular complexity index is 353. The van der Waals surface area contributed by atoms with Crippen molar-refractivity contribution in [2.24, 2.45) is 0 Å². The first-order valence-electron chi connectivity index (χ1n) is 6.11. The van der Waals surface area contributed by atoms with Crippen molar-refractivity contribution in [1.29, 1.82) is 0 Å². The number of hydrogen-bond donors (Lipinski definition) is 1. The van der Waals surface area contributed by atoms with Crippen LogP contribution in [-0.2, 0) is 9.59 Å². The summed E-state index contributed by atoms with van der Waals surface area (Å²) in [7, 11) is 0. The van der Waals surface area contributed by atoms with Crippen molar-refractivity contribution < 1.29 is 9.59 Å². The molecule has 4 heteroatoms. The highest BCUT2D eigenvalue weighted by atomic mass is 16.2. The van der Waals surface area contributed by atoms with Crippen LogP contribution in [0.1, 0.15) is 40.5 Å². The average Bonchev–Trinajstić information content (AvgIpc) is 2.32. The van der Waals surface area contributed by atoms with E-state index in [0.29, 0.717) is 19.4 Å². The maximum atomic E-state index is 12.5. The molecule has 4 nitrogen and oxygen atoms in total. The van der Waals surface area contributed by atoms with E-state index in [1.165, 1.54) is 0 Å². The molecule has 2 amide bonds. The molecule has 1 heterocycles. The van der Waals surface area contributed by atoms with E-state index in [4.69, 9.17) is 0 Å². The summed E-state index contributed by atoms with van der Waals surface area (Å²) in [6.07, 6.45) is 2.85. The third-order valence-corrected chi connectivity index (χ3v) is 3.90. The molecule has 0 aromatic heterocycles. The lowest BCUT2D eigenvalue weighted by molar-refractivity contribution is -0.161. The molecule has 1 saturated heterocycles. The molecule has 0 spiro atoms. The van der Waals surface area contributed by atoms with Crippen LogP contribution in [-0.4, -0.2) is 34.3 Å². The second-order valence-electron chi connectivity index (χ2n) is 4.97. The van der Waals surface area contributed by atoms with Gasteiger partial charge in [0, 0.05) is 6.54 Å². The van der Waals surface area contributed by atoms with Crippen molar-refractivity contribution >= 4 is 11.8 Å². The molecule has 1 aliphatic rings. The van der Waals surface area contributed by atoms with Crippen molar-refractivity contribution in [3.8, 4) is 0 Å². The molecule has 1 aliphatic heterocycles. The minimum atomic E-state index is -0.783. The van der Waals surface area contributed by atoms with E-state index in [1.807, 2.05) is 13.8 Å². The minimum Gasteiger partial charge on any atom is -0.340 e. The summed E-state index contributed by atoms with van der Waals surface area (Å²) in [5, 5.41) is 2.86. The first-order chi connectivity index (χ1) is 7.85. The van der Waals surface area contributed by atoms with Crippen LogP contribution in [0, 0.1) is 0 Å². The first kappa shape index (κ1) is 13.7. The van der Waals surface area contributed by atoms with Crippen LogP contribution < -0.4 is 5.32 Å². The van der Waals surface area contributed by atoms with Gasteiger partial charge < -0.3 is 10.2 Å². The molecular formula is C13H22N2O2. The summed E-state index contributed by atoms with van der Waals surface area (Å²) < 4.78 is 0. The molecule has 0 saturated carbocycles. The molecule has 96 valence electrons. The molecule has 1 rings (SSSR count). The van der Waals surface area contributed by atoms with E-state index < -0.39 is 11.1 Å². The normalized spacial score (nSPS) is 33.5. The molecular weight excluding hydrogens is 216 g/mol. The standard InChI is InChI=1S/C13H22N2O2/c1-6-9-15-11(17)12(4,7-2)14-10(16)13(15,5)8-3/h6H,1,7-9H2,2-5H3,(H,14,16). The molecule has 1 fully saturated rings. The van der Waals surface area contributed by atoms with Gasteiger partial charge in [0.2, 0.25) is 11.8 Å². The van der Waals surface area contributed by atoms with Crippen molar-refractivity contribution in [2.75, 3.05) is 6.54 Å². The van der Waals surface area contributed by atoms with Crippen molar-refractivity contribution in [2.45, 2.75) is 51.6 Å². The Morgan fingerprint density at radius 1 is 1.29 bits per heavy atom. The van der Waals surface area contributed by atoms with Crippen molar-refractivity contribution in [1.82, 2.24) is 10.2 Å². The summed E-state index contributed by atoms with van der Waals surface area (Å²) in [4.78, 5) is 26.3. The van der Waals surface area contributed by atoms with Crippen LogP contribution in [0.5, 0.6) is 0 Å². The number of carbonyl (C=O) groups is 2. The Morgan fingerprint density at radius 3 is 2.29 bits per heavy atom. The van der Waals surface area contributed by atoms with Crippen LogP contribution in [0.3, 0.4) is 0 Å². The third kappa shape index (κ3) is 1.96. The van der Waals surface area contributed by atoms with Gasteiger partial charge in [-0.15, -0.1) is 6.58 Å². The van der Waals surface area contributed by atoms with Gasteiger partial charge in [0.05, 0.1) is 0 Å². The molecule has 0 aromatic carbocycles. The molecule has 0 bridgehead atoms. The van der Waals surface area contributed by atoms with E-state index in [-0.39, 0.29) is 11.8 Å². The van der Waals surface area contributed by atoms with Gasteiger partial charge in [-0.2, -0.15) is 0 Å². The summed E-state index contributed by atoms with van der Waals surface area (Å²) >= 11 is 0. The van der Waals surface area contributed by atoms with Crippen molar-refractivity contribution in [3.05, 3.63) is 12.7 Å². The molecule has 0 aromatic rings. The fourth-order valence-electron chi connectivity index (χ4n) is 2.09. The fraction of sp³-hybridized carbons (Fsp3) is 0.692. The van der Waals surface area contributed by atoms with Gasteiger partial charge >= 0.3 is 0 Å². The van der Waals surface area contributed by atoms with E-state index in [1.54, 1.807) is 24.8 Å². The van der Waals surface area contributed by atoms with Crippen LogP contribution in [0.25, 0.3) is 0 Å². The zero-order chi connectivity index (χ0) is 13.3. The Kier molecular flexibility index (Phi) is 3.65. The fourth-order valence-corrected chi connectivity index (χ4v) is 2.09. The number of nitrogens with zero attached hydrogens (tertiary/aromatic N) is 1. The summed E-state index contributed by atoms with van der Waals surface area (Å²) in [5.74, 6) is -0.102. The van der Waals surface area contributed by atoms with Gasteiger partial charge in [0.1, 0.15) is 11.1 Å². The number of amides is 2. The Hall–Kier alpha value is -1.32. The summed E-state index contributed by atoms with van der Waals surface area (Å²) in [6, 6.07) is 0. The highest BCUT2D eigenvalue weighted by Crippen LogP contribution is 2.30. The Morgan fingerprint density at radius 2 is 1.88 bits per heavy atom. The van der Waals surface area contributed by atoms with Gasteiger partial charge in [-0.1, -0.05) is 19.9 Å². The monoisotopic (exact) mass is 238 g/mol. The summed E-state index contributed by atoms with van der Waals surface area (Å²) in [5.41, 5.74) is -1.55. The maximum absolute atomic E-state index is 12.5. The van der Waals surface area contributed by atoms with Crippen LogP contribution in [0.15, 0.2) is 12.7 Å². The zero-order valence-corrected chi connectivity index (χ0v) is 11.2. The largest absolute Gasteiger partial charge is 0.340 e. The predicted octanol–water partition coefficient (Wildman–Crippen LogP) is 1.47. The number of nitrogens with one attached hydrogen (secondary N) is 1. The SMILES string of the molecule is C=CCN1C(=O)C(C)(CC)NC(=O)C1(C)CC. The highest BCUT2D eigenvalue weighted by molar-refractivity contribution is 6.01. The Balaban J connectivity index is 3.19. The minimum absolute atomic E-state index is 0.0242. The molecule has 1 N–H and O–H groups in total. The predicted molar refractivity (Wildman–Crippen MR) is 67.4 cm³/mol. The van der Waals surface area contributed by atoms with Crippen LogP contribution in [0.2, 0.25) is 0 Å². The van der Waals surface area contributed by atoms with Gasteiger partial charge in [0.25, 0.3) is 0 Å². The lowest BCUT2D eigenvalue weighted by Crippen LogP contribution is -2.73. The van der Waals surface area contributed by atoms with E-state index in [2.05, 4.69) is 11.9 Å². The van der Waals surface area contributed by atoms with Gasteiger partial charge in [-0.25, -0.2) is 0 Å². The topological polar surface area (TPSA) is 49.4 Å². The second-order valence-corrected chi connectivity index (χ2v) is 4.97. The maximum Gasteiger partial charge on any atom is 0.249 e. The van der Waals surface area contributed by atoms with Crippen LogP contribution in [0.4, 0.5) is 0 Å². The molecule has 2 unspecified atom stereocenters. The smallest absolute Gasteiger partial charge is 0.249 e. The number of piperazine rings is 1. The molecule has 2 atom stereocenters. The zero-order valence-electron chi connectivity index (χ0n) is 11.2. The van der Waals surface area contributed by atoms with Gasteiger partial charge in [-0.3, -0.25) is 9.59 Å². The quantitative estimate of drug-likeness (QED) is 0.754. The molecule has 0 radical (unpaired) electrons. The molecule has 17 heavy (non-hydrogen) atoms. The third-order valence-electron chi connectivity index (χ3n) is 3.90. The van der Waals surface area contributed by atoms with Gasteiger partial charge in [-0.05, 0) is 26.7 Å². The number of rotatable bonds is 4. The molecule has 0 aliphatic carbocycles. The highest BCUT2D eigenvalue weighted by Gasteiger charge is 2.52. The summed E-state index contributed by atoms with van der Waals surface area (Å²) in [6.45, 7) is 11.5. The van der Waals surface area contributed by atoms with Gasteiger partial charge in [0.15, 0.2) is 0 Å². The Labute approximate surface area is 103 Å². The van der Waals surface area contributed by atoms with E-state index in [0.717, 1.165) is 0 Å². The van der Waals surface area contributed by atoms with Crippen molar-refractivity contribution in [3.63, 3.8) is 0 Å². The van der Waals surface area contributed by atoms with E-state index in [9.17, 15) is 9.59 Å². The second kappa shape index (κ2) is 4.51. The van der Waals surface area contributed by atoms with E-state index >= 15 is 0 Å². The van der Waals surface area contributed by atoms with Crippen LogP contribution >= 0.6 is 0 Å². The average molecular weight is 238 g/mol. The number of hydrogen-bond acceptors (Lipinski definition) is 2. The lowest BCUT2D eigenvalue weighted by Gasteiger charge is -2.49.